The maximum absolute atomic E-state index is 5.49. The molecule has 0 radical (unpaired) electrons. The van der Waals surface area contributed by atoms with Gasteiger partial charge in [-0.2, -0.15) is 0 Å². The molecular weight excluding hydrogens is 200 g/mol. The van der Waals surface area contributed by atoms with Gasteiger partial charge in [0.15, 0.2) is 0 Å². The van der Waals surface area contributed by atoms with E-state index in [0.29, 0.717) is 0 Å². The second kappa shape index (κ2) is 5.99. The van der Waals surface area contributed by atoms with Crippen LogP contribution in [0.5, 0.6) is 0 Å². The Balaban J connectivity index is 1.84. The van der Waals surface area contributed by atoms with Crippen LogP contribution in [0, 0.1) is 0 Å². The van der Waals surface area contributed by atoms with E-state index in [1.54, 1.807) is 0 Å². The minimum atomic E-state index is 0.759. The van der Waals surface area contributed by atoms with Gasteiger partial charge in [-0.3, -0.25) is 9.80 Å². The summed E-state index contributed by atoms with van der Waals surface area (Å²) in [6.45, 7) is 11.1. The van der Waals surface area contributed by atoms with Gasteiger partial charge in [0.1, 0.15) is 0 Å². The van der Waals surface area contributed by atoms with Gasteiger partial charge < -0.3 is 4.74 Å². The molecule has 0 aromatic heterocycles. The van der Waals surface area contributed by atoms with Crippen LogP contribution >= 0.6 is 0 Å². The smallest absolute Gasteiger partial charge is 0.0593 e. The molecule has 0 bridgehead atoms. The molecule has 2 aliphatic heterocycles. The van der Waals surface area contributed by atoms with Crippen molar-refractivity contribution < 1.29 is 4.74 Å². The van der Waals surface area contributed by atoms with Crippen LogP contribution < -0.4 is 0 Å². The molecule has 2 atom stereocenters. The zero-order valence-electron chi connectivity index (χ0n) is 10.8. The third kappa shape index (κ3) is 2.76. The number of piperazine rings is 1. The maximum Gasteiger partial charge on any atom is 0.0593 e. The lowest BCUT2D eigenvalue weighted by Gasteiger charge is -2.43. The zero-order valence-corrected chi connectivity index (χ0v) is 10.8. The molecule has 0 aliphatic carbocycles. The minimum absolute atomic E-state index is 0.759. The van der Waals surface area contributed by atoms with Crippen molar-refractivity contribution in [2.75, 3.05) is 39.4 Å². The van der Waals surface area contributed by atoms with E-state index in [4.69, 9.17) is 4.74 Å². The normalized spacial score (nSPS) is 31.9. The Morgan fingerprint density at radius 2 is 2.12 bits per heavy atom. The van der Waals surface area contributed by atoms with E-state index in [-0.39, 0.29) is 0 Å². The molecule has 3 heteroatoms. The Kier molecular flexibility index (Phi) is 4.62. The summed E-state index contributed by atoms with van der Waals surface area (Å²) in [7, 11) is 0. The summed E-state index contributed by atoms with van der Waals surface area (Å²) in [6, 6.07) is 1.60. The van der Waals surface area contributed by atoms with Crippen LogP contribution in [0.3, 0.4) is 0 Å². The van der Waals surface area contributed by atoms with E-state index in [0.717, 1.165) is 31.8 Å². The van der Waals surface area contributed by atoms with Crippen molar-refractivity contribution in [3.63, 3.8) is 0 Å². The molecule has 0 spiro atoms. The number of fused-ring (bicyclic) bond motifs is 1. The Hall–Kier alpha value is -0.120. The lowest BCUT2D eigenvalue weighted by Crippen LogP contribution is -2.56. The highest BCUT2D eigenvalue weighted by Gasteiger charge is 2.34. The summed E-state index contributed by atoms with van der Waals surface area (Å²) < 4.78 is 5.49. The SMILES string of the molecule is CCOCCN1CC2CCCN2CC1CC. The molecule has 16 heavy (non-hydrogen) atoms. The molecule has 94 valence electrons. The third-order valence-electron chi connectivity index (χ3n) is 4.10. The standard InChI is InChI=1S/C13H26N2O/c1-3-12-10-14-7-5-6-13(14)11-15(12)8-9-16-4-2/h12-13H,3-11H2,1-2H3. The first-order chi connectivity index (χ1) is 7.85. The monoisotopic (exact) mass is 226 g/mol. The topological polar surface area (TPSA) is 15.7 Å². The van der Waals surface area contributed by atoms with Crippen molar-refractivity contribution in [2.45, 2.75) is 45.2 Å². The zero-order chi connectivity index (χ0) is 11.4. The van der Waals surface area contributed by atoms with Gasteiger partial charge in [0.25, 0.3) is 0 Å². The van der Waals surface area contributed by atoms with Crippen LogP contribution in [-0.2, 0) is 4.74 Å². The molecule has 0 saturated carbocycles. The first-order valence-corrected chi connectivity index (χ1v) is 6.91. The highest BCUT2D eigenvalue weighted by Crippen LogP contribution is 2.25. The second-order valence-corrected chi connectivity index (χ2v) is 5.04. The van der Waals surface area contributed by atoms with Crippen molar-refractivity contribution >= 4 is 0 Å². The molecule has 0 amide bonds. The Labute approximate surface area is 99.7 Å². The van der Waals surface area contributed by atoms with Crippen LogP contribution in [0.4, 0.5) is 0 Å². The van der Waals surface area contributed by atoms with Crippen LogP contribution in [0.15, 0.2) is 0 Å². The Morgan fingerprint density at radius 3 is 2.88 bits per heavy atom. The number of ether oxygens (including phenoxy) is 1. The summed E-state index contributed by atoms with van der Waals surface area (Å²) in [6.07, 6.45) is 4.08. The van der Waals surface area contributed by atoms with Gasteiger partial charge in [-0.15, -0.1) is 0 Å². The van der Waals surface area contributed by atoms with Crippen LogP contribution in [0.25, 0.3) is 0 Å². The molecule has 2 rings (SSSR count). The lowest BCUT2D eigenvalue weighted by atomic mass is 10.1. The average Bonchev–Trinajstić information content (AvgIpc) is 2.75. The summed E-state index contributed by atoms with van der Waals surface area (Å²) in [5, 5.41) is 0. The first kappa shape index (κ1) is 12.3. The predicted molar refractivity (Wildman–Crippen MR) is 66.7 cm³/mol. The molecule has 3 nitrogen and oxygen atoms in total. The van der Waals surface area contributed by atoms with E-state index >= 15 is 0 Å². The van der Waals surface area contributed by atoms with Crippen molar-refractivity contribution in [2.24, 2.45) is 0 Å². The number of hydrogen-bond donors (Lipinski definition) is 0. The fourth-order valence-corrected chi connectivity index (χ4v) is 3.14. The van der Waals surface area contributed by atoms with Gasteiger partial charge in [-0.05, 0) is 32.7 Å². The van der Waals surface area contributed by atoms with Gasteiger partial charge in [0.2, 0.25) is 0 Å². The first-order valence-electron chi connectivity index (χ1n) is 6.91. The summed E-state index contributed by atoms with van der Waals surface area (Å²) in [5.74, 6) is 0. The molecule has 2 saturated heterocycles. The Morgan fingerprint density at radius 1 is 1.25 bits per heavy atom. The summed E-state index contributed by atoms with van der Waals surface area (Å²) in [4.78, 5) is 5.35. The quantitative estimate of drug-likeness (QED) is 0.662. The van der Waals surface area contributed by atoms with Gasteiger partial charge in [-0.25, -0.2) is 0 Å². The largest absolute Gasteiger partial charge is 0.380 e. The Bertz CT molecular complexity index is 210. The molecule has 2 heterocycles. The predicted octanol–water partition coefficient (Wildman–Crippen LogP) is 1.58. The number of rotatable bonds is 5. The molecule has 0 aromatic carbocycles. The number of nitrogens with zero attached hydrogens (tertiary/aromatic N) is 2. The van der Waals surface area contributed by atoms with Crippen molar-refractivity contribution in [3.8, 4) is 0 Å². The molecule has 0 N–H and O–H groups in total. The lowest BCUT2D eigenvalue weighted by molar-refractivity contribution is 0.0249. The average molecular weight is 226 g/mol. The van der Waals surface area contributed by atoms with Crippen molar-refractivity contribution in [1.29, 1.82) is 0 Å². The molecule has 2 aliphatic rings. The molecule has 2 unspecified atom stereocenters. The highest BCUT2D eigenvalue weighted by atomic mass is 16.5. The van der Waals surface area contributed by atoms with Crippen molar-refractivity contribution in [3.05, 3.63) is 0 Å². The van der Waals surface area contributed by atoms with Crippen LogP contribution in [0.1, 0.15) is 33.1 Å². The molecular formula is C13H26N2O. The van der Waals surface area contributed by atoms with Gasteiger partial charge >= 0.3 is 0 Å². The van der Waals surface area contributed by atoms with Gasteiger partial charge in [0.05, 0.1) is 6.61 Å². The van der Waals surface area contributed by atoms with E-state index in [9.17, 15) is 0 Å². The van der Waals surface area contributed by atoms with Crippen LogP contribution in [-0.4, -0.2) is 61.3 Å². The summed E-state index contributed by atoms with van der Waals surface area (Å²) in [5.41, 5.74) is 0. The fourth-order valence-electron chi connectivity index (χ4n) is 3.14. The van der Waals surface area contributed by atoms with Crippen molar-refractivity contribution in [1.82, 2.24) is 9.80 Å². The van der Waals surface area contributed by atoms with E-state index in [2.05, 4.69) is 23.6 Å². The number of hydrogen-bond acceptors (Lipinski definition) is 3. The van der Waals surface area contributed by atoms with Crippen LogP contribution in [0.2, 0.25) is 0 Å². The maximum atomic E-state index is 5.49. The van der Waals surface area contributed by atoms with E-state index in [1.165, 1.54) is 38.9 Å². The summed E-state index contributed by atoms with van der Waals surface area (Å²) >= 11 is 0. The molecule has 0 aromatic rings. The van der Waals surface area contributed by atoms with E-state index < -0.39 is 0 Å². The highest BCUT2D eigenvalue weighted by molar-refractivity contribution is 4.91. The molecule has 2 fully saturated rings. The third-order valence-corrected chi connectivity index (χ3v) is 4.10. The van der Waals surface area contributed by atoms with Gasteiger partial charge in [0, 0.05) is 38.3 Å². The second-order valence-electron chi connectivity index (χ2n) is 5.04. The minimum Gasteiger partial charge on any atom is -0.380 e. The van der Waals surface area contributed by atoms with E-state index in [1.807, 2.05) is 0 Å². The fraction of sp³-hybridized carbons (Fsp3) is 1.00. The van der Waals surface area contributed by atoms with Gasteiger partial charge in [-0.1, -0.05) is 6.92 Å².